The van der Waals surface area contributed by atoms with Crippen molar-refractivity contribution >= 4 is 5.97 Å². The van der Waals surface area contributed by atoms with Gasteiger partial charge in [-0.25, -0.2) is 0 Å². The highest BCUT2D eigenvalue weighted by atomic mass is 16.5. The minimum Gasteiger partial charge on any atom is -0.465 e. The van der Waals surface area contributed by atoms with Crippen LogP contribution in [-0.2, 0) is 9.53 Å². The predicted octanol–water partition coefficient (Wildman–Crippen LogP) is 2.50. The fourth-order valence-corrected chi connectivity index (χ4v) is 2.15. The van der Waals surface area contributed by atoms with Gasteiger partial charge in [0.2, 0.25) is 0 Å². The third-order valence-corrected chi connectivity index (χ3v) is 3.21. The van der Waals surface area contributed by atoms with Gasteiger partial charge in [0.25, 0.3) is 0 Å². The van der Waals surface area contributed by atoms with E-state index in [1.807, 2.05) is 6.92 Å². The maximum Gasteiger partial charge on any atom is 0.326 e. The second kappa shape index (κ2) is 5.17. The van der Waals surface area contributed by atoms with Crippen LogP contribution >= 0.6 is 0 Å². The van der Waals surface area contributed by atoms with Crippen LogP contribution in [-0.4, -0.2) is 24.7 Å². The molecule has 1 atom stereocenters. The van der Waals surface area contributed by atoms with Gasteiger partial charge in [-0.2, -0.15) is 0 Å². The van der Waals surface area contributed by atoms with E-state index in [2.05, 4.69) is 26.1 Å². The molecule has 0 aromatic heterocycles. The molecule has 3 heteroatoms. The molecule has 1 unspecified atom stereocenters. The average molecular weight is 227 g/mol. The highest BCUT2D eigenvalue weighted by Gasteiger charge is 2.42. The molecule has 1 aliphatic heterocycles. The van der Waals surface area contributed by atoms with Crippen LogP contribution in [0.4, 0.5) is 0 Å². The molecule has 1 aliphatic rings. The third-order valence-electron chi connectivity index (χ3n) is 3.21. The Kier molecular flexibility index (Phi) is 4.36. The van der Waals surface area contributed by atoms with E-state index in [9.17, 15) is 4.79 Å². The summed E-state index contributed by atoms with van der Waals surface area (Å²) in [5.41, 5.74) is -0.132. The van der Waals surface area contributed by atoms with E-state index in [1.54, 1.807) is 0 Å². The van der Waals surface area contributed by atoms with E-state index >= 15 is 0 Å². The van der Waals surface area contributed by atoms with E-state index in [0.29, 0.717) is 6.61 Å². The van der Waals surface area contributed by atoms with Crippen LogP contribution in [0.2, 0.25) is 0 Å². The van der Waals surface area contributed by atoms with Gasteiger partial charge in [-0.3, -0.25) is 4.79 Å². The summed E-state index contributed by atoms with van der Waals surface area (Å²) in [5.74, 6) is -0.0586. The summed E-state index contributed by atoms with van der Waals surface area (Å²) in [4.78, 5) is 12.0. The summed E-state index contributed by atoms with van der Waals surface area (Å²) in [6.07, 6.45) is 3.92. The predicted molar refractivity (Wildman–Crippen MR) is 65.3 cm³/mol. The average Bonchev–Trinajstić information content (AvgIpc) is 2.64. The first-order chi connectivity index (χ1) is 7.40. The van der Waals surface area contributed by atoms with Crippen molar-refractivity contribution in [3.05, 3.63) is 0 Å². The highest BCUT2D eigenvalue weighted by molar-refractivity contribution is 5.81. The van der Waals surface area contributed by atoms with Gasteiger partial charge in [-0.15, -0.1) is 0 Å². The summed E-state index contributed by atoms with van der Waals surface area (Å²) >= 11 is 0. The molecule has 0 radical (unpaired) electrons. The van der Waals surface area contributed by atoms with E-state index in [0.717, 1.165) is 32.2 Å². The number of ether oxygens (including phenoxy) is 1. The number of hydrogen-bond acceptors (Lipinski definition) is 3. The first-order valence-corrected chi connectivity index (χ1v) is 6.32. The molecule has 1 rings (SSSR count). The zero-order valence-electron chi connectivity index (χ0n) is 11.1. The van der Waals surface area contributed by atoms with Crippen LogP contribution in [0.5, 0.6) is 0 Å². The van der Waals surface area contributed by atoms with Crippen LogP contribution in [0.25, 0.3) is 0 Å². The maximum absolute atomic E-state index is 12.0. The Bertz CT molecular complexity index is 237. The summed E-state index contributed by atoms with van der Waals surface area (Å²) < 4.78 is 5.19. The fraction of sp³-hybridized carbons (Fsp3) is 0.923. The molecule has 94 valence electrons. The van der Waals surface area contributed by atoms with Crippen molar-refractivity contribution in [3.63, 3.8) is 0 Å². The largest absolute Gasteiger partial charge is 0.465 e. The Hall–Kier alpha value is -0.570. The highest BCUT2D eigenvalue weighted by Crippen LogP contribution is 2.31. The van der Waals surface area contributed by atoms with Crippen LogP contribution in [0, 0.1) is 5.41 Å². The zero-order valence-corrected chi connectivity index (χ0v) is 11.1. The van der Waals surface area contributed by atoms with Crippen molar-refractivity contribution in [2.24, 2.45) is 5.41 Å². The molecule has 16 heavy (non-hydrogen) atoms. The SMILES string of the molecule is CCOC(=O)C1(CCC(C)(C)C)CCCN1. The molecule has 1 heterocycles. The first kappa shape index (κ1) is 13.5. The lowest BCUT2D eigenvalue weighted by Crippen LogP contribution is -2.49. The maximum atomic E-state index is 12.0. The van der Waals surface area contributed by atoms with Crippen LogP contribution < -0.4 is 5.32 Å². The number of carbonyl (C=O) groups is 1. The summed E-state index contributed by atoms with van der Waals surface area (Å²) in [6, 6.07) is 0. The molecule has 3 nitrogen and oxygen atoms in total. The van der Waals surface area contributed by atoms with Gasteiger partial charge in [-0.1, -0.05) is 20.8 Å². The van der Waals surface area contributed by atoms with E-state index in [-0.39, 0.29) is 11.4 Å². The Labute approximate surface area is 98.9 Å². The normalized spacial score (nSPS) is 25.8. The Morgan fingerprint density at radius 2 is 2.12 bits per heavy atom. The van der Waals surface area contributed by atoms with Crippen molar-refractivity contribution in [1.82, 2.24) is 5.32 Å². The monoisotopic (exact) mass is 227 g/mol. The number of nitrogens with one attached hydrogen (secondary N) is 1. The number of esters is 1. The molecule has 1 fully saturated rings. The third kappa shape index (κ3) is 3.48. The Morgan fingerprint density at radius 1 is 1.44 bits per heavy atom. The smallest absolute Gasteiger partial charge is 0.326 e. The first-order valence-electron chi connectivity index (χ1n) is 6.32. The minimum atomic E-state index is -0.400. The molecule has 1 saturated heterocycles. The van der Waals surface area contributed by atoms with Gasteiger partial charge in [0, 0.05) is 0 Å². The van der Waals surface area contributed by atoms with E-state index in [4.69, 9.17) is 4.74 Å². The molecule has 0 spiro atoms. The van der Waals surface area contributed by atoms with E-state index < -0.39 is 5.54 Å². The summed E-state index contributed by atoms with van der Waals surface area (Å²) in [7, 11) is 0. The Morgan fingerprint density at radius 3 is 2.56 bits per heavy atom. The standard InChI is InChI=1S/C13H25NO2/c1-5-16-11(15)13(7-6-10-14-13)9-8-12(2,3)4/h14H,5-10H2,1-4H3. The van der Waals surface area contributed by atoms with Crippen LogP contribution in [0.1, 0.15) is 53.4 Å². The molecule has 0 saturated carbocycles. The zero-order chi connectivity index (χ0) is 12.2. The Balaban J connectivity index is 2.62. The quantitative estimate of drug-likeness (QED) is 0.750. The topological polar surface area (TPSA) is 38.3 Å². The lowest BCUT2D eigenvalue weighted by Gasteiger charge is -2.30. The van der Waals surface area contributed by atoms with Gasteiger partial charge in [-0.05, 0) is 44.6 Å². The van der Waals surface area contributed by atoms with Crippen molar-refractivity contribution in [2.75, 3.05) is 13.2 Å². The summed E-state index contributed by atoms with van der Waals surface area (Å²) in [5, 5.41) is 3.35. The number of carbonyl (C=O) groups excluding carboxylic acids is 1. The molecular formula is C13H25NO2. The van der Waals surface area contributed by atoms with Crippen molar-refractivity contribution < 1.29 is 9.53 Å². The fourth-order valence-electron chi connectivity index (χ4n) is 2.15. The van der Waals surface area contributed by atoms with Crippen molar-refractivity contribution in [2.45, 2.75) is 58.9 Å². The van der Waals surface area contributed by atoms with Crippen LogP contribution in [0.3, 0.4) is 0 Å². The second-order valence-electron chi connectivity index (χ2n) is 5.89. The van der Waals surface area contributed by atoms with Gasteiger partial charge in [0.05, 0.1) is 6.61 Å². The van der Waals surface area contributed by atoms with Gasteiger partial charge in [0.1, 0.15) is 5.54 Å². The molecule has 0 bridgehead atoms. The van der Waals surface area contributed by atoms with Crippen molar-refractivity contribution in [1.29, 1.82) is 0 Å². The number of hydrogen-bond donors (Lipinski definition) is 1. The van der Waals surface area contributed by atoms with E-state index in [1.165, 1.54) is 0 Å². The molecule has 0 amide bonds. The molecular weight excluding hydrogens is 202 g/mol. The lowest BCUT2D eigenvalue weighted by molar-refractivity contribution is -0.151. The number of rotatable bonds is 4. The molecule has 0 aromatic carbocycles. The van der Waals surface area contributed by atoms with Crippen molar-refractivity contribution in [3.8, 4) is 0 Å². The minimum absolute atomic E-state index is 0.0586. The summed E-state index contributed by atoms with van der Waals surface area (Å²) in [6.45, 7) is 9.90. The van der Waals surface area contributed by atoms with Crippen LogP contribution in [0.15, 0.2) is 0 Å². The molecule has 0 aromatic rings. The molecule has 1 N–H and O–H groups in total. The molecule has 0 aliphatic carbocycles. The van der Waals surface area contributed by atoms with Gasteiger partial charge >= 0.3 is 5.97 Å². The lowest BCUT2D eigenvalue weighted by atomic mass is 9.82. The van der Waals surface area contributed by atoms with Gasteiger partial charge in [0.15, 0.2) is 0 Å². The van der Waals surface area contributed by atoms with Gasteiger partial charge < -0.3 is 10.1 Å². The second-order valence-corrected chi connectivity index (χ2v) is 5.89.